The highest BCUT2D eigenvalue weighted by atomic mass is 35.5. The molecule has 0 saturated carbocycles. The van der Waals surface area contributed by atoms with Crippen molar-refractivity contribution in [2.75, 3.05) is 24.7 Å². The van der Waals surface area contributed by atoms with Gasteiger partial charge in [0, 0.05) is 17.1 Å². The third kappa shape index (κ3) is 4.29. The Morgan fingerprint density at radius 2 is 2.00 bits per heavy atom. The number of nitrogens with one attached hydrogen (secondary N) is 2. The maximum Gasteiger partial charge on any atom is 0.251 e. The van der Waals surface area contributed by atoms with Gasteiger partial charge in [-0.1, -0.05) is 18.5 Å². The number of carbonyl (C=O) groups is 1. The van der Waals surface area contributed by atoms with Gasteiger partial charge in [-0.05, 0) is 42.8 Å². The Balaban J connectivity index is 2.22. The summed E-state index contributed by atoms with van der Waals surface area (Å²) in [5, 5.41) is 6.58. The maximum absolute atomic E-state index is 11.9. The molecule has 2 aromatic carbocycles. The normalized spacial score (nSPS) is 10.2. The average molecular weight is 334 g/mol. The van der Waals surface area contributed by atoms with Gasteiger partial charge in [0.05, 0.1) is 24.2 Å². The topological polar surface area (TPSA) is 76.4 Å². The summed E-state index contributed by atoms with van der Waals surface area (Å²) < 4.78 is 5.29. The van der Waals surface area contributed by atoms with E-state index in [-0.39, 0.29) is 5.91 Å². The highest BCUT2D eigenvalue weighted by Crippen LogP contribution is 2.32. The molecule has 0 saturated heterocycles. The van der Waals surface area contributed by atoms with E-state index in [9.17, 15) is 4.79 Å². The minimum Gasteiger partial charge on any atom is -0.495 e. The number of hydrogen-bond donors (Lipinski definition) is 3. The van der Waals surface area contributed by atoms with Gasteiger partial charge in [0.2, 0.25) is 0 Å². The number of methoxy groups -OCH3 is 1. The van der Waals surface area contributed by atoms with E-state index in [0.29, 0.717) is 39.9 Å². The molecule has 2 rings (SSSR count). The number of nitrogens with two attached hydrogens (primary N) is 1. The van der Waals surface area contributed by atoms with E-state index in [1.165, 1.54) is 0 Å². The van der Waals surface area contributed by atoms with Gasteiger partial charge in [-0.15, -0.1) is 0 Å². The molecule has 2 aromatic rings. The van der Waals surface area contributed by atoms with Crippen LogP contribution < -0.4 is 21.1 Å². The second-order valence-corrected chi connectivity index (χ2v) is 5.46. The van der Waals surface area contributed by atoms with Crippen molar-refractivity contribution < 1.29 is 9.53 Å². The standard InChI is InChI=1S/C17H20ClN3O2/c1-3-8-20-17(22)11-4-6-14(13(19)9-11)21-15-10-12(18)5-7-16(15)23-2/h4-7,9-10,21H,3,8,19H2,1-2H3,(H,20,22). The van der Waals surface area contributed by atoms with E-state index in [1.54, 1.807) is 43.5 Å². The number of halogens is 1. The fourth-order valence-electron chi connectivity index (χ4n) is 2.08. The maximum atomic E-state index is 11.9. The molecule has 0 radical (unpaired) electrons. The van der Waals surface area contributed by atoms with Gasteiger partial charge >= 0.3 is 0 Å². The number of ether oxygens (including phenoxy) is 1. The Hall–Kier alpha value is -2.40. The van der Waals surface area contributed by atoms with Crippen molar-refractivity contribution in [3.05, 3.63) is 47.0 Å². The number of amides is 1. The van der Waals surface area contributed by atoms with Gasteiger partial charge in [0.15, 0.2) is 0 Å². The van der Waals surface area contributed by atoms with Crippen molar-refractivity contribution in [2.24, 2.45) is 0 Å². The quantitative estimate of drug-likeness (QED) is 0.702. The second kappa shape index (κ2) is 7.74. The third-order valence-electron chi connectivity index (χ3n) is 3.28. The third-order valence-corrected chi connectivity index (χ3v) is 3.52. The van der Waals surface area contributed by atoms with E-state index < -0.39 is 0 Å². The number of hydrogen-bond acceptors (Lipinski definition) is 4. The molecular weight excluding hydrogens is 314 g/mol. The van der Waals surface area contributed by atoms with Crippen LogP contribution in [-0.4, -0.2) is 19.6 Å². The Morgan fingerprint density at radius 1 is 1.22 bits per heavy atom. The summed E-state index contributed by atoms with van der Waals surface area (Å²) in [6.45, 7) is 2.64. The first-order chi connectivity index (χ1) is 11.0. The van der Waals surface area contributed by atoms with E-state index in [1.807, 2.05) is 6.92 Å². The summed E-state index contributed by atoms with van der Waals surface area (Å²) in [5.74, 6) is 0.518. The number of carbonyl (C=O) groups excluding carboxylic acids is 1. The fourth-order valence-corrected chi connectivity index (χ4v) is 2.25. The van der Waals surface area contributed by atoms with Crippen molar-refractivity contribution in [1.82, 2.24) is 5.32 Å². The van der Waals surface area contributed by atoms with Crippen LogP contribution >= 0.6 is 11.6 Å². The molecular formula is C17H20ClN3O2. The lowest BCUT2D eigenvalue weighted by Gasteiger charge is -2.14. The first-order valence-electron chi connectivity index (χ1n) is 7.33. The van der Waals surface area contributed by atoms with Crippen LogP contribution in [0.25, 0.3) is 0 Å². The van der Waals surface area contributed by atoms with Crippen molar-refractivity contribution >= 4 is 34.6 Å². The zero-order valence-electron chi connectivity index (χ0n) is 13.2. The van der Waals surface area contributed by atoms with Gasteiger partial charge in [-0.3, -0.25) is 4.79 Å². The molecule has 0 aliphatic rings. The number of nitrogen functional groups attached to an aromatic ring is 1. The number of anilines is 3. The zero-order valence-corrected chi connectivity index (χ0v) is 13.9. The van der Waals surface area contributed by atoms with Crippen LogP contribution in [0.3, 0.4) is 0 Å². The summed E-state index contributed by atoms with van der Waals surface area (Å²) in [4.78, 5) is 11.9. The van der Waals surface area contributed by atoms with Crippen molar-refractivity contribution in [3.63, 3.8) is 0 Å². The lowest BCUT2D eigenvalue weighted by molar-refractivity contribution is 0.0953. The molecule has 1 amide bonds. The van der Waals surface area contributed by atoms with Gasteiger partial charge in [0.1, 0.15) is 5.75 Å². The smallest absolute Gasteiger partial charge is 0.251 e. The summed E-state index contributed by atoms with van der Waals surface area (Å²) in [5.41, 5.74) is 8.43. The number of rotatable bonds is 6. The monoisotopic (exact) mass is 333 g/mol. The van der Waals surface area contributed by atoms with Crippen LogP contribution in [0.2, 0.25) is 5.02 Å². The van der Waals surface area contributed by atoms with Crippen molar-refractivity contribution in [1.29, 1.82) is 0 Å². The minimum atomic E-state index is -0.134. The van der Waals surface area contributed by atoms with Crippen LogP contribution in [0, 0.1) is 0 Å². The molecule has 0 aliphatic heterocycles. The molecule has 0 aromatic heterocycles. The van der Waals surface area contributed by atoms with E-state index in [4.69, 9.17) is 22.1 Å². The largest absolute Gasteiger partial charge is 0.495 e. The molecule has 0 heterocycles. The lowest BCUT2D eigenvalue weighted by Crippen LogP contribution is -2.24. The first kappa shape index (κ1) is 17.0. The minimum absolute atomic E-state index is 0.134. The predicted octanol–water partition coefficient (Wildman–Crippen LogP) is 3.81. The van der Waals surface area contributed by atoms with E-state index >= 15 is 0 Å². The van der Waals surface area contributed by atoms with Crippen LogP contribution in [0.15, 0.2) is 36.4 Å². The zero-order chi connectivity index (χ0) is 16.8. The molecule has 6 heteroatoms. The van der Waals surface area contributed by atoms with Gasteiger partial charge in [-0.2, -0.15) is 0 Å². The summed E-state index contributed by atoms with van der Waals surface area (Å²) in [6.07, 6.45) is 0.884. The van der Waals surface area contributed by atoms with Crippen molar-refractivity contribution in [3.8, 4) is 5.75 Å². The molecule has 5 nitrogen and oxygen atoms in total. The summed E-state index contributed by atoms with van der Waals surface area (Å²) in [7, 11) is 1.58. The van der Waals surface area contributed by atoms with Gasteiger partial charge in [0.25, 0.3) is 5.91 Å². The summed E-state index contributed by atoms with van der Waals surface area (Å²) >= 11 is 6.02. The van der Waals surface area contributed by atoms with Crippen molar-refractivity contribution in [2.45, 2.75) is 13.3 Å². The van der Waals surface area contributed by atoms with Crippen LogP contribution in [0.1, 0.15) is 23.7 Å². The Bertz CT molecular complexity index is 704. The molecule has 4 N–H and O–H groups in total. The van der Waals surface area contributed by atoms with Gasteiger partial charge in [-0.25, -0.2) is 0 Å². The Morgan fingerprint density at radius 3 is 2.65 bits per heavy atom. The molecule has 0 aliphatic carbocycles. The van der Waals surface area contributed by atoms with Crippen LogP contribution in [0.5, 0.6) is 5.75 Å². The Labute approximate surface area is 140 Å². The highest BCUT2D eigenvalue weighted by molar-refractivity contribution is 6.31. The molecule has 23 heavy (non-hydrogen) atoms. The average Bonchev–Trinajstić information content (AvgIpc) is 2.54. The predicted molar refractivity (Wildman–Crippen MR) is 94.8 cm³/mol. The fraction of sp³-hybridized carbons (Fsp3) is 0.235. The molecule has 0 fully saturated rings. The first-order valence-corrected chi connectivity index (χ1v) is 7.71. The van der Waals surface area contributed by atoms with E-state index in [0.717, 1.165) is 6.42 Å². The Kier molecular flexibility index (Phi) is 5.71. The van der Waals surface area contributed by atoms with Gasteiger partial charge < -0.3 is 21.1 Å². The second-order valence-electron chi connectivity index (χ2n) is 5.03. The molecule has 0 spiro atoms. The lowest BCUT2D eigenvalue weighted by atomic mass is 10.1. The highest BCUT2D eigenvalue weighted by Gasteiger charge is 2.10. The molecule has 122 valence electrons. The van der Waals surface area contributed by atoms with E-state index in [2.05, 4.69) is 10.6 Å². The SMILES string of the molecule is CCCNC(=O)c1ccc(Nc2cc(Cl)ccc2OC)c(N)c1. The van der Waals surface area contributed by atoms with Crippen LogP contribution in [0.4, 0.5) is 17.1 Å². The van der Waals surface area contributed by atoms with Crippen LogP contribution in [-0.2, 0) is 0 Å². The molecule has 0 atom stereocenters. The molecule has 0 unspecified atom stereocenters. The summed E-state index contributed by atoms with van der Waals surface area (Å²) in [6, 6.07) is 10.4. The number of benzene rings is 2. The molecule has 0 bridgehead atoms.